The molecular formula is C67H45NO. The summed E-state index contributed by atoms with van der Waals surface area (Å²) in [4.78, 5) is 2.49. The van der Waals surface area contributed by atoms with Crippen molar-refractivity contribution in [3.8, 4) is 55.6 Å². The Morgan fingerprint density at radius 1 is 0.275 bits per heavy atom. The zero-order chi connectivity index (χ0) is 45.7. The summed E-state index contributed by atoms with van der Waals surface area (Å²) in [5.74, 6) is 0. The molecule has 0 saturated carbocycles. The standard InChI is InChI=1S/C67H45NO/c1-4-22-46(23-5-1)47-42-44-48(45-43-47)51-28-11-16-38-61(51)68(63-40-18-13-30-53(63)56-34-20-35-57-54-31-14-19-41-64(54)69-66(56)57)62-39-17-12-29-52(62)55-33-21-37-60-65(55)58-32-10-15-36-59(58)67(60,49-24-6-2-7-25-49)50-26-8-3-9-27-50/h1-45H. The van der Waals surface area contributed by atoms with E-state index in [2.05, 4.69) is 272 Å². The summed E-state index contributed by atoms with van der Waals surface area (Å²) in [7, 11) is 0. The fourth-order valence-corrected chi connectivity index (χ4v) is 11.2. The van der Waals surface area contributed by atoms with E-state index < -0.39 is 5.41 Å². The van der Waals surface area contributed by atoms with Crippen molar-refractivity contribution < 1.29 is 4.42 Å². The number of rotatable bonds is 9. The molecule has 1 aromatic heterocycles. The molecule has 2 nitrogen and oxygen atoms in total. The van der Waals surface area contributed by atoms with Crippen LogP contribution in [0.2, 0.25) is 0 Å². The lowest BCUT2D eigenvalue weighted by atomic mass is 9.67. The van der Waals surface area contributed by atoms with Crippen LogP contribution < -0.4 is 4.90 Å². The van der Waals surface area contributed by atoms with Gasteiger partial charge in [-0.25, -0.2) is 0 Å². The van der Waals surface area contributed by atoms with Gasteiger partial charge in [0.25, 0.3) is 0 Å². The molecule has 11 aromatic carbocycles. The van der Waals surface area contributed by atoms with Gasteiger partial charge in [0, 0.05) is 33.0 Å². The summed E-state index contributed by atoms with van der Waals surface area (Å²) in [6, 6.07) is 99.3. The molecule has 0 radical (unpaired) electrons. The monoisotopic (exact) mass is 879 g/mol. The summed E-state index contributed by atoms with van der Waals surface area (Å²) in [6.07, 6.45) is 0. The largest absolute Gasteiger partial charge is 0.455 e. The van der Waals surface area contributed by atoms with E-state index in [9.17, 15) is 0 Å². The van der Waals surface area contributed by atoms with E-state index in [0.717, 1.165) is 66.8 Å². The van der Waals surface area contributed by atoms with Crippen molar-refractivity contribution in [3.05, 3.63) is 295 Å². The van der Waals surface area contributed by atoms with Gasteiger partial charge in [0.2, 0.25) is 0 Å². The summed E-state index contributed by atoms with van der Waals surface area (Å²) >= 11 is 0. The highest BCUT2D eigenvalue weighted by Gasteiger charge is 2.47. The third-order valence-electron chi connectivity index (χ3n) is 14.2. The zero-order valence-corrected chi connectivity index (χ0v) is 37.8. The molecule has 0 bridgehead atoms. The van der Waals surface area contributed by atoms with Crippen LogP contribution in [0.1, 0.15) is 22.3 Å². The zero-order valence-electron chi connectivity index (χ0n) is 37.8. The number of para-hydroxylation sites is 5. The topological polar surface area (TPSA) is 16.4 Å². The van der Waals surface area contributed by atoms with Gasteiger partial charge in [-0.15, -0.1) is 0 Å². The molecule has 0 amide bonds. The van der Waals surface area contributed by atoms with E-state index in [1.54, 1.807) is 0 Å². The van der Waals surface area contributed by atoms with Gasteiger partial charge < -0.3 is 9.32 Å². The molecule has 0 saturated heterocycles. The van der Waals surface area contributed by atoms with Crippen LogP contribution in [-0.2, 0) is 5.41 Å². The highest BCUT2D eigenvalue weighted by molar-refractivity contribution is 6.11. The number of fused-ring (bicyclic) bond motifs is 6. The molecule has 0 unspecified atom stereocenters. The third kappa shape index (κ3) is 6.48. The number of hydrogen-bond donors (Lipinski definition) is 0. The Morgan fingerprint density at radius 3 is 1.39 bits per heavy atom. The quantitative estimate of drug-likeness (QED) is 0.144. The van der Waals surface area contributed by atoms with E-state index in [1.807, 2.05) is 6.07 Å². The Kier molecular flexibility index (Phi) is 9.77. The molecule has 324 valence electrons. The fraction of sp³-hybridized carbons (Fsp3) is 0.0149. The van der Waals surface area contributed by atoms with Crippen LogP contribution >= 0.6 is 0 Å². The van der Waals surface area contributed by atoms with E-state index in [0.29, 0.717) is 0 Å². The Balaban J connectivity index is 1.08. The van der Waals surface area contributed by atoms with Crippen LogP contribution in [0.15, 0.2) is 277 Å². The second kappa shape index (κ2) is 16.7. The lowest BCUT2D eigenvalue weighted by molar-refractivity contribution is 0.670. The number of benzene rings is 11. The molecule has 0 aliphatic heterocycles. The van der Waals surface area contributed by atoms with E-state index in [-0.39, 0.29) is 0 Å². The van der Waals surface area contributed by atoms with Crippen LogP contribution in [0.5, 0.6) is 0 Å². The number of anilines is 3. The van der Waals surface area contributed by atoms with E-state index in [1.165, 1.54) is 50.1 Å². The van der Waals surface area contributed by atoms with Gasteiger partial charge in [0.1, 0.15) is 11.2 Å². The molecule has 1 heterocycles. The van der Waals surface area contributed by atoms with Gasteiger partial charge >= 0.3 is 0 Å². The van der Waals surface area contributed by atoms with Crippen molar-refractivity contribution in [1.29, 1.82) is 0 Å². The van der Waals surface area contributed by atoms with Crippen LogP contribution in [0, 0.1) is 0 Å². The Bertz CT molecular complexity index is 3790. The van der Waals surface area contributed by atoms with Gasteiger partial charge in [-0.2, -0.15) is 0 Å². The van der Waals surface area contributed by atoms with Crippen molar-refractivity contribution >= 4 is 39.0 Å². The maximum atomic E-state index is 6.78. The van der Waals surface area contributed by atoms with E-state index in [4.69, 9.17) is 4.42 Å². The fourth-order valence-electron chi connectivity index (χ4n) is 11.2. The van der Waals surface area contributed by atoms with Gasteiger partial charge in [0.15, 0.2) is 0 Å². The van der Waals surface area contributed by atoms with Crippen LogP contribution in [-0.4, -0.2) is 0 Å². The SMILES string of the molecule is c1ccc(-c2ccc(-c3ccccc3N(c3ccccc3-c3cccc4c3-c3ccccc3C4(c3ccccc3)c3ccccc3)c3ccccc3-c3cccc4c3oc3ccccc34)cc2)cc1. The van der Waals surface area contributed by atoms with Crippen molar-refractivity contribution in [2.75, 3.05) is 4.90 Å². The number of furan rings is 1. The van der Waals surface area contributed by atoms with Crippen molar-refractivity contribution in [2.45, 2.75) is 5.41 Å². The maximum absolute atomic E-state index is 6.78. The van der Waals surface area contributed by atoms with Gasteiger partial charge in [-0.1, -0.05) is 249 Å². The molecule has 0 atom stereocenters. The molecule has 2 heteroatoms. The summed E-state index contributed by atoms with van der Waals surface area (Å²) < 4.78 is 6.78. The summed E-state index contributed by atoms with van der Waals surface area (Å²) in [5.41, 5.74) is 21.0. The van der Waals surface area contributed by atoms with Gasteiger partial charge in [-0.05, 0) is 79.9 Å². The van der Waals surface area contributed by atoms with Gasteiger partial charge in [0.05, 0.1) is 22.5 Å². The predicted molar refractivity (Wildman–Crippen MR) is 287 cm³/mol. The Morgan fingerprint density at radius 2 is 0.710 bits per heavy atom. The summed E-state index contributed by atoms with van der Waals surface area (Å²) in [5, 5.41) is 2.21. The van der Waals surface area contributed by atoms with Crippen molar-refractivity contribution in [3.63, 3.8) is 0 Å². The first-order valence-corrected chi connectivity index (χ1v) is 23.8. The average Bonchev–Trinajstić information content (AvgIpc) is 3.97. The number of hydrogen-bond acceptors (Lipinski definition) is 2. The minimum absolute atomic E-state index is 0.532. The molecule has 13 rings (SSSR count). The Hall–Kier alpha value is -8.98. The molecule has 0 spiro atoms. The normalized spacial score (nSPS) is 12.5. The molecule has 1 aliphatic rings. The molecule has 12 aromatic rings. The highest BCUT2D eigenvalue weighted by atomic mass is 16.3. The second-order valence-electron chi connectivity index (χ2n) is 17.9. The van der Waals surface area contributed by atoms with Crippen LogP contribution in [0.3, 0.4) is 0 Å². The van der Waals surface area contributed by atoms with Crippen molar-refractivity contribution in [2.24, 2.45) is 0 Å². The first-order chi connectivity index (χ1) is 34.3. The maximum Gasteiger partial charge on any atom is 0.143 e. The molecule has 0 fully saturated rings. The minimum atomic E-state index is -0.532. The molecule has 0 N–H and O–H groups in total. The lowest BCUT2D eigenvalue weighted by Crippen LogP contribution is -2.28. The molecular weight excluding hydrogens is 835 g/mol. The lowest BCUT2D eigenvalue weighted by Gasteiger charge is -2.34. The minimum Gasteiger partial charge on any atom is -0.455 e. The van der Waals surface area contributed by atoms with E-state index >= 15 is 0 Å². The summed E-state index contributed by atoms with van der Waals surface area (Å²) in [6.45, 7) is 0. The van der Waals surface area contributed by atoms with Crippen molar-refractivity contribution in [1.82, 2.24) is 0 Å². The third-order valence-corrected chi connectivity index (χ3v) is 14.2. The average molecular weight is 880 g/mol. The first-order valence-electron chi connectivity index (χ1n) is 23.8. The van der Waals surface area contributed by atoms with Crippen LogP contribution in [0.25, 0.3) is 77.6 Å². The smallest absolute Gasteiger partial charge is 0.143 e. The van der Waals surface area contributed by atoms with Crippen LogP contribution in [0.4, 0.5) is 17.1 Å². The second-order valence-corrected chi connectivity index (χ2v) is 17.9. The highest BCUT2D eigenvalue weighted by Crippen LogP contribution is 2.59. The first kappa shape index (κ1) is 40.3. The van der Waals surface area contributed by atoms with Gasteiger partial charge in [-0.3, -0.25) is 0 Å². The molecule has 1 aliphatic carbocycles. The predicted octanol–water partition coefficient (Wildman–Crippen LogP) is 18.1. The Labute approximate surface area is 402 Å². The number of nitrogens with zero attached hydrogens (tertiary/aromatic N) is 1. The molecule has 69 heavy (non-hydrogen) atoms.